The second-order valence-electron chi connectivity index (χ2n) is 8.51. The van der Waals surface area contributed by atoms with Crippen molar-refractivity contribution >= 4 is 52.2 Å². The van der Waals surface area contributed by atoms with Gasteiger partial charge in [-0.15, -0.1) is 11.8 Å². The van der Waals surface area contributed by atoms with Gasteiger partial charge in [0, 0.05) is 17.4 Å². The molecule has 0 radical (unpaired) electrons. The molecule has 5 rings (SSSR count). The van der Waals surface area contributed by atoms with Crippen LogP contribution in [0.25, 0.3) is 0 Å². The van der Waals surface area contributed by atoms with E-state index < -0.39 is 10.8 Å². The average molecular weight is 498 g/mol. The van der Waals surface area contributed by atoms with E-state index in [1.807, 2.05) is 53.2 Å². The number of benzene rings is 1. The number of hydrogen-bond acceptors (Lipinski definition) is 6. The smallest absolute Gasteiger partial charge is 0.242 e. The molecule has 2 unspecified atom stereocenters. The van der Waals surface area contributed by atoms with E-state index in [1.54, 1.807) is 6.07 Å². The number of pyridine rings is 1. The molecule has 1 amide bonds. The van der Waals surface area contributed by atoms with Crippen molar-refractivity contribution in [3.05, 3.63) is 75.6 Å². The van der Waals surface area contributed by atoms with Gasteiger partial charge in [-0.3, -0.25) is 9.59 Å². The molecule has 8 heteroatoms. The van der Waals surface area contributed by atoms with Gasteiger partial charge in [0.15, 0.2) is 5.78 Å². The number of piperidine rings is 1. The summed E-state index contributed by atoms with van der Waals surface area (Å²) in [5, 5.41) is 10.3. The topological polar surface area (TPSA) is 71.1 Å². The fourth-order valence-electron chi connectivity index (χ4n) is 4.62. The third kappa shape index (κ3) is 4.54. The van der Waals surface area contributed by atoms with E-state index in [0.29, 0.717) is 16.8 Å². The number of ketones is 1. The van der Waals surface area contributed by atoms with Crippen molar-refractivity contribution in [3.63, 3.8) is 0 Å². The van der Waals surface area contributed by atoms with Crippen LogP contribution in [0.15, 0.2) is 64.2 Å². The Labute approximate surface area is 206 Å². The van der Waals surface area contributed by atoms with Gasteiger partial charge in [-0.05, 0) is 59.5 Å². The third-order valence-corrected chi connectivity index (χ3v) is 8.74. The van der Waals surface area contributed by atoms with Gasteiger partial charge in [-0.2, -0.15) is 11.3 Å². The van der Waals surface area contributed by atoms with Crippen LogP contribution < -0.4 is 10.6 Å². The zero-order chi connectivity index (χ0) is 22.8. The summed E-state index contributed by atoms with van der Waals surface area (Å²) in [4.78, 5) is 32.3. The van der Waals surface area contributed by atoms with Crippen LogP contribution >= 0.6 is 34.7 Å². The number of halogens is 1. The number of rotatable bonds is 6. The summed E-state index contributed by atoms with van der Waals surface area (Å²) in [6.45, 7) is 0. The molecule has 2 aromatic heterocycles. The summed E-state index contributed by atoms with van der Waals surface area (Å²) in [6.07, 6.45) is 4.86. The number of carbonyl (C=O) groups is 2. The van der Waals surface area contributed by atoms with Crippen molar-refractivity contribution in [2.24, 2.45) is 0 Å². The Morgan fingerprint density at radius 3 is 2.64 bits per heavy atom. The lowest BCUT2D eigenvalue weighted by Gasteiger charge is -2.39. The molecule has 2 aliphatic rings. The number of nitrogens with one attached hydrogen (secondary N) is 2. The lowest BCUT2D eigenvalue weighted by molar-refractivity contribution is -0.133. The largest absolute Gasteiger partial charge is 0.367 e. The van der Waals surface area contributed by atoms with Crippen molar-refractivity contribution in [1.29, 1.82) is 0 Å². The van der Waals surface area contributed by atoms with Crippen LogP contribution in [0.5, 0.6) is 0 Å². The third-order valence-electron chi connectivity index (χ3n) is 6.30. The van der Waals surface area contributed by atoms with Crippen molar-refractivity contribution < 1.29 is 9.59 Å². The first-order valence-electron chi connectivity index (χ1n) is 11.1. The number of carbonyl (C=O) groups excluding carboxylic acids is 2. The number of aromatic nitrogens is 1. The first-order chi connectivity index (χ1) is 16.0. The number of anilines is 1. The number of nitrogens with zero attached hydrogens (tertiary/aromatic N) is 1. The van der Waals surface area contributed by atoms with Gasteiger partial charge in [0.2, 0.25) is 5.91 Å². The molecular formula is C25H24ClN3O2S2. The van der Waals surface area contributed by atoms with Crippen molar-refractivity contribution in [3.8, 4) is 0 Å². The standard InChI is InChI=1S/C25H24ClN3O2S2/c26-18-8-3-4-9-20(18)33-23-19(30)14-25(29-24(23)31,16-12-13-32-15-16)21-10-5-11-22(28-21)27-17-6-1-2-7-17/h3-5,8-13,15,17,23H,1-2,6-7,14H2,(H,27,28)(H,29,31). The first kappa shape index (κ1) is 22.4. The lowest BCUT2D eigenvalue weighted by atomic mass is 9.79. The Kier molecular flexibility index (Phi) is 6.45. The SMILES string of the molecule is O=C1CC(c2ccsc2)(c2cccc(NC3CCCC3)n2)NC(=O)C1Sc1ccccc1Cl. The molecule has 5 nitrogen and oxygen atoms in total. The Morgan fingerprint density at radius 1 is 1.09 bits per heavy atom. The van der Waals surface area contributed by atoms with Crippen LogP contribution in [0.4, 0.5) is 5.82 Å². The summed E-state index contributed by atoms with van der Waals surface area (Å²) in [6, 6.07) is 15.4. The molecule has 33 heavy (non-hydrogen) atoms. The molecular weight excluding hydrogens is 474 g/mol. The van der Waals surface area contributed by atoms with E-state index in [9.17, 15) is 9.59 Å². The van der Waals surface area contributed by atoms with Crippen LogP contribution in [0.1, 0.15) is 43.4 Å². The fourth-order valence-corrected chi connectivity index (χ4v) is 6.59. The maximum Gasteiger partial charge on any atom is 0.242 e. The Bertz CT molecular complexity index is 1140. The molecule has 1 aromatic carbocycles. The highest BCUT2D eigenvalue weighted by atomic mass is 35.5. The molecule has 0 spiro atoms. The first-order valence-corrected chi connectivity index (χ1v) is 13.3. The highest BCUT2D eigenvalue weighted by Gasteiger charge is 2.48. The van der Waals surface area contributed by atoms with Crippen molar-refractivity contribution in [2.45, 2.75) is 53.8 Å². The minimum absolute atomic E-state index is 0.133. The minimum Gasteiger partial charge on any atom is -0.367 e. The second kappa shape index (κ2) is 9.49. The highest BCUT2D eigenvalue weighted by Crippen LogP contribution is 2.41. The molecule has 1 aliphatic heterocycles. The Morgan fingerprint density at radius 2 is 1.91 bits per heavy atom. The lowest BCUT2D eigenvalue weighted by Crippen LogP contribution is -2.58. The monoisotopic (exact) mass is 497 g/mol. The van der Waals surface area contributed by atoms with Gasteiger partial charge in [-0.25, -0.2) is 4.98 Å². The molecule has 2 atom stereocenters. The zero-order valence-corrected chi connectivity index (χ0v) is 20.3. The second-order valence-corrected chi connectivity index (χ2v) is 10.8. The normalized spacial score (nSPS) is 23.5. The van der Waals surface area contributed by atoms with E-state index in [4.69, 9.17) is 16.6 Å². The molecule has 1 saturated heterocycles. The molecule has 2 N–H and O–H groups in total. The number of amides is 1. The number of hydrogen-bond donors (Lipinski definition) is 2. The number of thiophene rings is 1. The van der Waals surface area contributed by atoms with Crippen LogP contribution in [-0.2, 0) is 15.1 Å². The minimum atomic E-state index is -0.987. The van der Waals surface area contributed by atoms with Gasteiger partial charge >= 0.3 is 0 Å². The van der Waals surface area contributed by atoms with Crippen LogP contribution in [0.3, 0.4) is 0 Å². The van der Waals surface area contributed by atoms with Gasteiger partial charge in [0.05, 0.1) is 10.7 Å². The van der Waals surface area contributed by atoms with E-state index in [0.717, 1.165) is 29.1 Å². The molecule has 2 fully saturated rings. The van der Waals surface area contributed by atoms with E-state index in [-0.39, 0.29) is 18.1 Å². The average Bonchev–Trinajstić information content (AvgIpc) is 3.52. The van der Waals surface area contributed by atoms with Crippen LogP contribution in [-0.4, -0.2) is 28.0 Å². The number of Topliss-reactive ketones (excluding diaryl/α,β-unsaturated/α-hetero) is 1. The van der Waals surface area contributed by atoms with Crippen LogP contribution in [0.2, 0.25) is 5.02 Å². The molecule has 170 valence electrons. The molecule has 0 bridgehead atoms. The van der Waals surface area contributed by atoms with Crippen LogP contribution in [0, 0.1) is 0 Å². The summed E-state index contributed by atoms with van der Waals surface area (Å²) < 4.78 is 0. The van der Waals surface area contributed by atoms with Gasteiger partial charge in [0.1, 0.15) is 16.6 Å². The summed E-state index contributed by atoms with van der Waals surface area (Å²) in [7, 11) is 0. The van der Waals surface area contributed by atoms with Gasteiger partial charge in [-0.1, -0.05) is 42.6 Å². The predicted octanol–water partition coefficient (Wildman–Crippen LogP) is 5.64. The zero-order valence-electron chi connectivity index (χ0n) is 17.9. The van der Waals surface area contributed by atoms with E-state index in [1.165, 1.54) is 35.9 Å². The van der Waals surface area contributed by atoms with E-state index >= 15 is 0 Å². The molecule has 1 saturated carbocycles. The van der Waals surface area contributed by atoms with Crippen molar-refractivity contribution in [2.75, 3.05) is 5.32 Å². The Hall–Kier alpha value is -2.35. The molecule has 3 aromatic rings. The maximum absolute atomic E-state index is 13.4. The number of thioether (sulfide) groups is 1. The summed E-state index contributed by atoms with van der Waals surface area (Å²) >= 11 is 9.02. The summed E-state index contributed by atoms with van der Waals surface area (Å²) in [5.74, 6) is 0.326. The van der Waals surface area contributed by atoms with E-state index in [2.05, 4.69) is 10.6 Å². The van der Waals surface area contributed by atoms with Crippen molar-refractivity contribution in [1.82, 2.24) is 10.3 Å². The Balaban J connectivity index is 1.46. The summed E-state index contributed by atoms with van der Waals surface area (Å²) in [5.41, 5.74) is 0.562. The quantitative estimate of drug-likeness (QED) is 0.431. The molecule has 3 heterocycles. The molecule has 1 aliphatic carbocycles. The van der Waals surface area contributed by atoms with Gasteiger partial charge in [0.25, 0.3) is 0 Å². The highest BCUT2D eigenvalue weighted by molar-refractivity contribution is 8.01. The van der Waals surface area contributed by atoms with Gasteiger partial charge < -0.3 is 10.6 Å². The predicted molar refractivity (Wildman–Crippen MR) is 134 cm³/mol. The fraction of sp³-hybridized carbons (Fsp3) is 0.320. The maximum atomic E-state index is 13.4.